The average Bonchev–Trinajstić information content (AvgIpc) is 2.69. The number of amides is 1. The van der Waals surface area contributed by atoms with E-state index < -0.39 is 9.96 Å². The van der Waals surface area contributed by atoms with Crippen molar-refractivity contribution in [1.82, 2.24) is 10.6 Å². The number of nitrogens with one attached hydrogen (secondary N) is 3. The molecule has 0 fully saturated rings. The summed E-state index contributed by atoms with van der Waals surface area (Å²) in [7, 11) is 0. The summed E-state index contributed by atoms with van der Waals surface area (Å²) in [4.78, 5) is 12.7. The van der Waals surface area contributed by atoms with Gasteiger partial charge in [0.25, 0.3) is 0 Å². The molecule has 0 aliphatic heterocycles. The van der Waals surface area contributed by atoms with Crippen molar-refractivity contribution in [2.75, 3.05) is 5.32 Å². The van der Waals surface area contributed by atoms with E-state index in [2.05, 4.69) is 16.0 Å². The molecule has 156 valence electrons. The van der Waals surface area contributed by atoms with Crippen molar-refractivity contribution in [3.8, 4) is 0 Å². The Morgan fingerprint density at radius 3 is 2.33 bits per heavy atom. The van der Waals surface area contributed by atoms with E-state index in [0.29, 0.717) is 5.69 Å². The normalized spacial score (nSPS) is 12.3. The van der Waals surface area contributed by atoms with Crippen molar-refractivity contribution < 1.29 is 9.18 Å². The van der Waals surface area contributed by atoms with Crippen molar-refractivity contribution in [2.45, 2.75) is 16.4 Å². The molecule has 0 unspecified atom stereocenters. The van der Waals surface area contributed by atoms with Crippen molar-refractivity contribution in [3.63, 3.8) is 0 Å². The van der Waals surface area contributed by atoms with Crippen molar-refractivity contribution >= 4 is 74.5 Å². The lowest BCUT2D eigenvalue weighted by molar-refractivity contribution is -0.121. The maximum absolute atomic E-state index is 13.0. The summed E-state index contributed by atoms with van der Waals surface area (Å²) >= 11 is 23.3. The molecule has 9 heteroatoms. The Morgan fingerprint density at radius 1 is 0.967 bits per heavy atom. The molecule has 0 saturated heterocycles. The molecule has 0 aromatic heterocycles. The van der Waals surface area contributed by atoms with Crippen LogP contribution in [0.15, 0.2) is 66.7 Å². The lowest BCUT2D eigenvalue weighted by atomic mass is 10.0. The minimum absolute atomic E-state index is 0.0957. The first-order valence-electron chi connectivity index (χ1n) is 8.88. The fourth-order valence-electron chi connectivity index (χ4n) is 2.86. The average molecular weight is 485 g/mol. The van der Waals surface area contributed by atoms with Gasteiger partial charge in [-0.05, 0) is 52.8 Å². The number of carbonyl (C=O) groups is 1. The van der Waals surface area contributed by atoms with E-state index in [1.807, 2.05) is 42.5 Å². The van der Waals surface area contributed by atoms with Gasteiger partial charge < -0.3 is 16.0 Å². The van der Waals surface area contributed by atoms with Crippen LogP contribution < -0.4 is 16.0 Å². The molecule has 0 radical (unpaired) electrons. The Morgan fingerprint density at radius 2 is 1.63 bits per heavy atom. The Balaban J connectivity index is 1.67. The van der Waals surface area contributed by atoms with E-state index in [9.17, 15) is 9.18 Å². The lowest BCUT2D eigenvalue weighted by Crippen LogP contribution is -2.56. The Labute approximate surface area is 193 Å². The summed E-state index contributed by atoms with van der Waals surface area (Å²) < 4.78 is 11.2. The summed E-state index contributed by atoms with van der Waals surface area (Å²) in [5, 5.41) is 10.4. The van der Waals surface area contributed by atoms with Crippen LogP contribution in [0.25, 0.3) is 10.8 Å². The summed E-state index contributed by atoms with van der Waals surface area (Å²) in [6.07, 6.45) is -0.997. The third kappa shape index (κ3) is 6.19. The van der Waals surface area contributed by atoms with Crippen molar-refractivity contribution in [3.05, 3.63) is 78.1 Å². The van der Waals surface area contributed by atoms with Crippen LogP contribution in [0.1, 0.15) is 5.56 Å². The van der Waals surface area contributed by atoms with E-state index in [1.165, 1.54) is 24.3 Å². The number of hydrogen-bond acceptors (Lipinski definition) is 2. The fourth-order valence-corrected chi connectivity index (χ4v) is 3.43. The Bertz CT molecular complexity index is 1050. The largest absolute Gasteiger partial charge is 0.339 e. The Kier molecular flexibility index (Phi) is 7.36. The molecule has 1 amide bonds. The molecule has 3 aromatic carbocycles. The van der Waals surface area contributed by atoms with Crippen molar-refractivity contribution in [2.24, 2.45) is 0 Å². The second-order valence-electron chi connectivity index (χ2n) is 6.46. The highest BCUT2D eigenvalue weighted by molar-refractivity contribution is 7.80. The molecular weight excluding hydrogens is 468 g/mol. The predicted molar refractivity (Wildman–Crippen MR) is 126 cm³/mol. The van der Waals surface area contributed by atoms with E-state index in [0.717, 1.165) is 16.3 Å². The second kappa shape index (κ2) is 9.79. The number of carbonyl (C=O) groups excluding carboxylic acids is 1. The van der Waals surface area contributed by atoms with Gasteiger partial charge in [0.15, 0.2) is 5.11 Å². The van der Waals surface area contributed by atoms with Crippen LogP contribution in [-0.2, 0) is 11.2 Å². The van der Waals surface area contributed by atoms with Crippen LogP contribution in [0.2, 0.25) is 0 Å². The molecule has 0 heterocycles. The molecule has 0 aliphatic carbocycles. The lowest BCUT2D eigenvalue weighted by Gasteiger charge is -2.28. The number of halogens is 4. The van der Waals surface area contributed by atoms with Crippen LogP contribution in [0, 0.1) is 5.82 Å². The molecule has 0 spiro atoms. The first-order valence-corrected chi connectivity index (χ1v) is 10.4. The molecule has 0 bridgehead atoms. The maximum Gasteiger partial charge on any atom is 0.228 e. The summed E-state index contributed by atoms with van der Waals surface area (Å²) in [5.41, 5.74) is 1.39. The summed E-state index contributed by atoms with van der Waals surface area (Å²) in [6, 6.07) is 19.1. The molecule has 0 saturated carbocycles. The monoisotopic (exact) mass is 483 g/mol. The van der Waals surface area contributed by atoms with Crippen LogP contribution >= 0.6 is 47.0 Å². The maximum atomic E-state index is 13.0. The van der Waals surface area contributed by atoms with Gasteiger partial charge in [-0.15, -0.1) is 0 Å². The molecule has 3 rings (SSSR count). The quantitative estimate of drug-likeness (QED) is 0.261. The molecule has 4 nitrogen and oxygen atoms in total. The highest BCUT2D eigenvalue weighted by atomic mass is 35.6. The van der Waals surface area contributed by atoms with E-state index in [4.69, 9.17) is 47.0 Å². The SMILES string of the molecule is O=C(Cc1cccc2ccccc12)N[C@H](NC(=S)Nc1ccc(F)cc1)C(Cl)(Cl)Cl. The number of thiocarbonyl (C=S) groups is 1. The van der Waals surface area contributed by atoms with Crippen LogP contribution in [0.3, 0.4) is 0 Å². The van der Waals surface area contributed by atoms with Gasteiger partial charge in [-0.1, -0.05) is 77.3 Å². The van der Waals surface area contributed by atoms with E-state index in [1.54, 1.807) is 0 Å². The molecule has 1 atom stereocenters. The zero-order valence-electron chi connectivity index (χ0n) is 15.5. The molecule has 3 aromatic rings. The number of rotatable bonds is 5. The third-order valence-corrected chi connectivity index (χ3v) is 5.12. The standard InChI is InChI=1S/C21H17Cl3FN3OS/c22-21(23,24)19(28-20(30)26-16-10-8-15(25)9-11-16)27-18(29)12-14-6-3-5-13-4-1-2-7-17(13)14/h1-11,19H,12H2,(H,27,29)(H2,26,28,30)/t19-/m1/s1. The van der Waals surface area contributed by atoms with E-state index >= 15 is 0 Å². The number of benzene rings is 3. The van der Waals surface area contributed by atoms with Gasteiger partial charge in [0.05, 0.1) is 6.42 Å². The van der Waals surface area contributed by atoms with Gasteiger partial charge in [-0.25, -0.2) is 4.39 Å². The number of fused-ring (bicyclic) bond motifs is 1. The highest BCUT2D eigenvalue weighted by Crippen LogP contribution is 2.29. The van der Waals surface area contributed by atoms with Gasteiger partial charge in [0, 0.05) is 5.69 Å². The van der Waals surface area contributed by atoms with Crippen LogP contribution in [0.4, 0.5) is 10.1 Å². The number of hydrogen-bond donors (Lipinski definition) is 3. The topological polar surface area (TPSA) is 53.2 Å². The van der Waals surface area contributed by atoms with Crippen LogP contribution in [-0.4, -0.2) is 21.0 Å². The zero-order chi connectivity index (χ0) is 21.7. The summed E-state index contributed by atoms with van der Waals surface area (Å²) in [6.45, 7) is 0. The smallest absolute Gasteiger partial charge is 0.228 e. The minimum Gasteiger partial charge on any atom is -0.339 e. The van der Waals surface area contributed by atoms with Gasteiger partial charge in [-0.3, -0.25) is 4.79 Å². The van der Waals surface area contributed by atoms with Crippen LogP contribution in [0.5, 0.6) is 0 Å². The molecule has 3 N–H and O–H groups in total. The molecule has 0 aliphatic rings. The predicted octanol–water partition coefficient (Wildman–Crippen LogP) is 5.32. The van der Waals surface area contributed by atoms with Gasteiger partial charge in [0.1, 0.15) is 12.0 Å². The van der Waals surface area contributed by atoms with Gasteiger partial charge >= 0.3 is 0 Å². The first-order chi connectivity index (χ1) is 14.2. The number of alkyl halides is 3. The fraction of sp³-hybridized carbons (Fsp3) is 0.143. The summed E-state index contributed by atoms with van der Waals surface area (Å²) in [5.74, 6) is -0.723. The van der Waals surface area contributed by atoms with Gasteiger partial charge in [-0.2, -0.15) is 0 Å². The van der Waals surface area contributed by atoms with Crippen molar-refractivity contribution in [1.29, 1.82) is 0 Å². The Hall–Kier alpha value is -2.12. The number of anilines is 1. The van der Waals surface area contributed by atoms with Gasteiger partial charge in [0.2, 0.25) is 9.70 Å². The minimum atomic E-state index is -1.87. The second-order valence-corrected chi connectivity index (χ2v) is 9.24. The molecule has 30 heavy (non-hydrogen) atoms. The first kappa shape index (κ1) is 22.6. The van der Waals surface area contributed by atoms with E-state index in [-0.39, 0.29) is 23.3 Å². The third-order valence-electron chi connectivity index (χ3n) is 4.24. The zero-order valence-corrected chi connectivity index (χ0v) is 18.5. The molecular formula is C21H17Cl3FN3OS. The highest BCUT2D eigenvalue weighted by Gasteiger charge is 2.34.